The number of carboxylic acid groups (broad SMARTS) is 1. The number of carbonyl (C=O) groups excluding carboxylic acids is 3. The summed E-state index contributed by atoms with van der Waals surface area (Å²) < 4.78 is 4.70. The summed E-state index contributed by atoms with van der Waals surface area (Å²) in [7, 11) is 0. The summed E-state index contributed by atoms with van der Waals surface area (Å²) in [5.41, 5.74) is 5.43. The predicted octanol–water partition coefficient (Wildman–Crippen LogP) is -0.629. The molecule has 0 bridgehead atoms. The summed E-state index contributed by atoms with van der Waals surface area (Å²) in [6.07, 6.45) is 1.38. The van der Waals surface area contributed by atoms with Crippen LogP contribution < -0.4 is 11.1 Å². The zero-order valence-corrected chi connectivity index (χ0v) is 16.7. The summed E-state index contributed by atoms with van der Waals surface area (Å²) in [6.45, 7) is 2.73. The van der Waals surface area contributed by atoms with Crippen molar-refractivity contribution >= 4 is 57.7 Å². The van der Waals surface area contributed by atoms with Gasteiger partial charge in [0.05, 0.1) is 0 Å². The molecule has 3 rings (SSSR count). The van der Waals surface area contributed by atoms with Crippen LogP contribution in [0.1, 0.15) is 5.69 Å². The molecule has 1 fully saturated rings. The van der Waals surface area contributed by atoms with Crippen LogP contribution in [0.15, 0.2) is 34.5 Å². The third-order valence-electron chi connectivity index (χ3n) is 4.13. The van der Waals surface area contributed by atoms with Crippen LogP contribution in [0.3, 0.4) is 0 Å². The second-order valence-corrected chi connectivity index (χ2v) is 7.92. The second kappa shape index (κ2) is 8.54. The summed E-state index contributed by atoms with van der Waals surface area (Å²) in [6, 6.07) is -1.01. The average Bonchev–Trinajstić information content (AvgIpc) is 3.15. The molecule has 2 aliphatic rings. The molecule has 0 aromatic carbocycles. The summed E-state index contributed by atoms with van der Waals surface area (Å²) in [5.74, 6) is -3.51. The molecule has 5 N–H and O–H groups in total. The smallest absolute Gasteiger partial charge is 0.355 e. The van der Waals surface area contributed by atoms with Gasteiger partial charge in [0.2, 0.25) is 0 Å². The Morgan fingerprint density at radius 2 is 2.23 bits per heavy atom. The lowest BCUT2D eigenvalue weighted by Crippen LogP contribution is -2.71. The number of oxime groups is 1. The number of β-lactam (4-membered cyclic amide) rings is 1. The van der Waals surface area contributed by atoms with Gasteiger partial charge in [0.1, 0.15) is 22.8 Å². The van der Waals surface area contributed by atoms with Crippen molar-refractivity contribution in [2.24, 2.45) is 5.16 Å². The third kappa shape index (κ3) is 3.86. The molecule has 1 unspecified atom stereocenters. The third-order valence-corrected chi connectivity index (χ3v) is 6.11. The van der Waals surface area contributed by atoms with E-state index in [1.165, 1.54) is 23.2 Å². The first kappa shape index (κ1) is 21.3. The Balaban J connectivity index is 1.76. The number of anilines is 1. The van der Waals surface area contributed by atoms with Crippen LogP contribution in [0.5, 0.6) is 0 Å². The van der Waals surface area contributed by atoms with Crippen LogP contribution in [0.4, 0.5) is 5.13 Å². The minimum atomic E-state index is -1.34. The monoisotopic (exact) mass is 453 g/mol. The van der Waals surface area contributed by atoms with Crippen molar-refractivity contribution in [2.45, 2.75) is 11.4 Å². The lowest BCUT2D eigenvalue weighted by molar-refractivity contribution is -0.157. The fourth-order valence-corrected chi connectivity index (χ4v) is 4.69. The number of esters is 1. The number of nitrogens with one attached hydrogen (secondary N) is 1. The van der Waals surface area contributed by atoms with E-state index in [2.05, 4.69) is 22.0 Å². The van der Waals surface area contributed by atoms with E-state index in [4.69, 9.17) is 20.8 Å². The van der Waals surface area contributed by atoms with Gasteiger partial charge in [-0.25, -0.2) is 14.6 Å². The van der Waals surface area contributed by atoms with Gasteiger partial charge in [0.15, 0.2) is 17.5 Å². The highest BCUT2D eigenvalue weighted by molar-refractivity contribution is 8.00. The van der Waals surface area contributed by atoms with Gasteiger partial charge in [-0.3, -0.25) is 14.5 Å². The number of hydrogen-bond acceptors (Lipinski definition) is 11. The van der Waals surface area contributed by atoms with Gasteiger partial charge < -0.3 is 26.1 Å². The van der Waals surface area contributed by atoms with Crippen LogP contribution in [-0.4, -0.2) is 73.4 Å². The Morgan fingerprint density at radius 3 is 2.80 bits per heavy atom. The number of nitrogens with zero attached hydrogens (tertiary/aromatic N) is 3. The molecular weight excluding hydrogens is 438 g/mol. The van der Waals surface area contributed by atoms with Crippen LogP contribution in [0.25, 0.3) is 0 Å². The summed E-state index contributed by atoms with van der Waals surface area (Å²) >= 11 is 2.31. The number of thioether (sulfide) groups is 1. The molecule has 2 amide bonds. The van der Waals surface area contributed by atoms with Gasteiger partial charge in [0.25, 0.3) is 11.8 Å². The Bertz CT molecular complexity index is 1000. The molecule has 14 heteroatoms. The average molecular weight is 453 g/mol. The van der Waals surface area contributed by atoms with Gasteiger partial charge in [0, 0.05) is 11.1 Å². The van der Waals surface area contributed by atoms with E-state index < -0.39 is 47.5 Å². The number of aromatic nitrogens is 1. The van der Waals surface area contributed by atoms with E-state index in [1.807, 2.05) is 0 Å². The molecule has 158 valence electrons. The molecule has 0 radical (unpaired) electrons. The van der Waals surface area contributed by atoms with E-state index in [-0.39, 0.29) is 22.3 Å². The number of aliphatic carboxylic acids is 1. The van der Waals surface area contributed by atoms with E-state index in [0.29, 0.717) is 5.57 Å². The number of nitrogens with two attached hydrogens (primary N) is 1. The number of carboxylic acids is 1. The molecule has 2 aliphatic heterocycles. The zero-order valence-electron chi connectivity index (χ0n) is 15.1. The molecule has 1 aromatic rings. The molecule has 12 nitrogen and oxygen atoms in total. The normalized spacial score (nSPS) is 20.9. The summed E-state index contributed by atoms with van der Waals surface area (Å²) in [4.78, 5) is 53.1. The lowest BCUT2D eigenvalue weighted by Gasteiger charge is -2.49. The topological polar surface area (TPSA) is 185 Å². The molecular formula is C16H15N5O7S2. The maximum absolute atomic E-state index is 12.7. The van der Waals surface area contributed by atoms with Crippen LogP contribution >= 0.6 is 23.1 Å². The Labute approximate surface area is 177 Å². The number of allylic oxidation sites excluding steroid dienone is 1. The van der Waals surface area contributed by atoms with E-state index in [1.54, 1.807) is 0 Å². The lowest BCUT2D eigenvalue weighted by atomic mass is 10.0. The SMILES string of the molecule is C=CC1=C(C(=O)OCC(=O)O)N2C(=O)C(NC(=O)C(=NO)c3csc(N)n3)[C@H]2SC1. The van der Waals surface area contributed by atoms with Crippen LogP contribution in [0.2, 0.25) is 0 Å². The largest absolute Gasteiger partial charge is 0.479 e. The molecule has 2 atom stereocenters. The van der Waals surface area contributed by atoms with Gasteiger partial charge >= 0.3 is 11.9 Å². The predicted molar refractivity (Wildman–Crippen MR) is 106 cm³/mol. The molecule has 0 spiro atoms. The highest BCUT2D eigenvalue weighted by Crippen LogP contribution is 2.40. The van der Waals surface area contributed by atoms with E-state index in [9.17, 15) is 19.2 Å². The minimum Gasteiger partial charge on any atom is -0.479 e. The van der Waals surface area contributed by atoms with Gasteiger partial charge in [-0.2, -0.15) is 0 Å². The minimum absolute atomic E-state index is 0.0456. The van der Waals surface area contributed by atoms with Gasteiger partial charge in [-0.1, -0.05) is 17.8 Å². The first-order chi connectivity index (χ1) is 14.3. The number of nitrogen functional groups attached to an aromatic ring is 1. The number of hydrogen-bond donors (Lipinski definition) is 4. The number of fused-ring (bicyclic) bond motifs is 1. The maximum Gasteiger partial charge on any atom is 0.355 e. The molecule has 0 aliphatic carbocycles. The maximum atomic E-state index is 12.7. The first-order valence-corrected chi connectivity index (χ1v) is 10.1. The standard InChI is InChI=1S/C16H15N5O7S2/c1-2-6-4-29-14-10(13(25)21(14)11(6)15(26)28-3-8(22)23)19-12(24)9(20-27)7-5-30-16(17)18-7/h2,5,10,14,27H,1,3-4H2,(H2,17,18)(H,19,24)(H,22,23)/t10?,14-/m1/s1. The second-order valence-electron chi connectivity index (χ2n) is 5.93. The summed E-state index contributed by atoms with van der Waals surface area (Å²) in [5, 5.41) is 24.2. The highest BCUT2D eigenvalue weighted by atomic mass is 32.2. The Hall–Kier alpha value is -3.39. The quantitative estimate of drug-likeness (QED) is 0.136. The van der Waals surface area contributed by atoms with Crippen molar-refractivity contribution in [3.8, 4) is 0 Å². The van der Waals surface area contributed by atoms with Crippen LogP contribution in [-0.2, 0) is 23.9 Å². The van der Waals surface area contributed by atoms with Crippen molar-refractivity contribution < 1.29 is 34.2 Å². The highest BCUT2D eigenvalue weighted by Gasteiger charge is 2.54. The molecule has 3 heterocycles. The fraction of sp³-hybridized carbons (Fsp3) is 0.250. The first-order valence-electron chi connectivity index (χ1n) is 8.22. The molecule has 1 saturated heterocycles. The van der Waals surface area contributed by atoms with Crippen molar-refractivity contribution in [3.05, 3.63) is 35.0 Å². The van der Waals surface area contributed by atoms with E-state index >= 15 is 0 Å². The van der Waals surface area contributed by atoms with Crippen molar-refractivity contribution in [1.29, 1.82) is 0 Å². The van der Waals surface area contributed by atoms with Gasteiger partial charge in [-0.05, 0) is 5.57 Å². The number of rotatable bonds is 7. The number of amides is 2. The van der Waals surface area contributed by atoms with Gasteiger partial charge in [-0.15, -0.1) is 23.1 Å². The fourth-order valence-electron chi connectivity index (χ4n) is 2.80. The van der Waals surface area contributed by atoms with Crippen LogP contribution in [0, 0.1) is 0 Å². The molecule has 0 saturated carbocycles. The zero-order chi connectivity index (χ0) is 22.0. The number of carbonyl (C=O) groups is 4. The van der Waals surface area contributed by atoms with Crippen molar-refractivity contribution in [2.75, 3.05) is 18.1 Å². The Morgan fingerprint density at radius 1 is 1.50 bits per heavy atom. The number of thiazole rings is 1. The van der Waals surface area contributed by atoms with E-state index in [0.717, 1.165) is 16.2 Å². The van der Waals surface area contributed by atoms with Crippen molar-refractivity contribution in [3.63, 3.8) is 0 Å². The molecule has 1 aromatic heterocycles. The number of ether oxygens (including phenoxy) is 1. The molecule has 30 heavy (non-hydrogen) atoms. The van der Waals surface area contributed by atoms with Crippen molar-refractivity contribution in [1.82, 2.24) is 15.2 Å². The Kier molecular flexibility index (Phi) is 6.07.